The number of fused-ring (bicyclic) bond motifs is 1. The van der Waals surface area contributed by atoms with Gasteiger partial charge < -0.3 is 9.30 Å². The van der Waals surface area contributed by atoms with Gasteiger partial charge >= 0.3 is 0 Å². The van der Waals surface area contributed by atoms with Crippen molar-refractivity contribution in [2.75, 3.05) is 18.5 Å². The highest BCUT2D eigenvalue weighted by Crippen LogP contribution is 2.22. The predicted octanol–water partition coefficient (Wildman–Crippen LogP) is 4.55. The fourth-order valence-corrected chi connectivity index (χ4v) is 3.47. The lowest BCUT2D eigenvalue weighted by Gasteiger charge is -2.10. The Balaban J connectivity index is 1.56. The number of carbonyl (C=O) groups excluding carboxylic acids is 1. The van der Waals surface area contributed by atoms with Crippen molar-refractivity contribution in [3.8, 4) is 5.69 Å². The van der Waals surface area contributed by atoms with E-state index in [1.165, 1.54) is 6.20 Å². The van der Waals surface area contributed by atoms with Crippen molar-refractivity contribution in [2.24, 2.45) is 0 Å². The van der Waals surface area contributed by atoms with Crippen LogP contribution in [0.25, 0.3) is 16.7 Å². The van der Waals surface area contributed by atoms with Crippen molar-refractivity contribution >= 4 is 34.5 Å². The molecule has 4 aromatic rings. The van der Waals surface area contributed by atoms with E-state index in [2.05, 4.69) is 15.4 Å². The summed E-state index contributed by atoms with van der Waals surface area (Å²) in [5.41, 5.74) is 2.93. The summed E-state index contributed by atoms with van der Waals surface area (Å²) in [6.45, 7) is 4.00. The number of ether oxygens (including phenoxy) is 1. The molecule has 0 fully saturated rings. The topological polar surface area (TPSA) is 74.0 Å². The highest BCUT2D eigenvalue weighted by atomic mass is 35.5. The quantitative estimate of drug-likeness (QED) is 0.422. The minimum Gasteiger partial charge on any atom is -0.382 e. The summed E-state index contributed by atoms with van der Waals surface area (Å²) in [6.07, 6.45) is 3.99. The number of amides is 1. The normalized spacial score (nSPS) is 11.1. The highest BCUT2D eigenvalue weighted by Gasteiger charge is 2.16. The van der Waals surface area contributed by atoms with Gasteiger partial charge in [0.2, 0.25) is 5.95 Å². The van der Waals surface area contributed by atoms with Crippen LogP contribution >= 0.6 is 11.6 Å². The molecule has 7 nitrogen and oxygen atoms in total. The summed E-state index contributed by atoms with van der Waals surface area (Å²) in [5, 5.41) is 7.75. The summed E-state index contributed by atoms with van der Waals surface area (Å²) >= 11 is 6.23. The fraction of sp³-hybridized carbons (Fsp3) is 0.227. The van der Waals surface area contributed by atoms with E-state index in [1.54, 1.807) is 16.9 Å². The predicted molar refractivity (Wildman–Crippen MR) is 117 cm³/mol. The van der Waals surface area contributed by atoms with Crippen molar-refractivity contribution in [2.45, 2.75) is 19.9 Å². The molecule has 0 spiro atoms. The van der Waals surface area contributed by atoms with Crippen molar-refractivity contribution in [3.05, 3.63) is 71.5 Å². The maximum Gasteiger partial charge on any atom is 0.261 e. The van der Waals surface area contributed by atoms with Gasteiger partial charge in [-0.15, -0.1) is 0 Å². The molecule has 0 saturated carbocycles. The molecular formula is C22H22ClN5O2. The number of para-hydroxylation sites is 3. The number of benzene rings is 2. The van der Waals surface area contributed by atoms with E-state index in [0.29, 0.717) is 42.0 Å². The van der Waals surface area contributed by atoms with Crippen LogP contribution in [0.5, 0.6) is 0 Å². The molecule has 2 aromatic heterocycles. The molecule has 0 aliphatic rings. The largest absolute Gasteiger partial charge is 0.382 e. The first-order chi connectivity index (χ1) is 14.7. The average Bonchev–Trinajstić information content (AvgIpc) is 3.37. The fourth-order valence-electron chi connectivity index (χ4n) is 3.25. The number of nitrogens with zero attached hydrogens (tertiary/aromatic N) is 4. The van der Waals surface area contributed by atoms with Crippen molar-refractivity contribution in [3.63, 3.8) is 0 Å². The second-order valence-corrected chi connectivity index (χ2v) is 7.11. The van der Waals surface area contributed by atoms with Crippen LogP contribution in [0.15, 0.2) is 60.9 Å². The minimum absolute atomic E-state index is 0.283. The maximum atomic E-state index is 12.9. The number of rotatable bonds is 8. The number of halogens is 1. The highest BCUT2D eigenvalue weighted by molar-refractivity contribution is 6.32. The molecule has 8 heteroatoms. The first kappa shape index (κ1) is 20.1. The number of hydrogen-bond donors (Lipinski definition) is 1. The van der Waals surface area contributed by atoms with E-state index in [1.807, 2.05) is 54.0 Å². The first-order valence-electron chi connectivity index (χ1n) is 9.81. The average molecular weight is 424 g/mol. The van der Waals surface area contributed by atoms with Crippen molar-refractivity contribution in [1.29, 1.82) is 0 Å². The van der Waals surface area contributed by atoms with E-state index < -0.39 is 0 Å². The standard InChI is InChI=1S/C22H22ClN5O2/c1-2-30-13-7-12-27-20-11-6-4-9-18(20)25-22(27)26-21(29)16-14-24-28(15-16)19-10-5-3-8-17(19)23/h3-6,8-11,14-15H,2,7,12-13H2,1H3,(H,25,26,29). The number of aryl methyl sites for hydroxylation is 1. The third-order valence-corrected chi connectivity index (χ3v) is 5.02. The summed E-state index contributed by atoms with van der Waals surface area (Å²) < 4.78 is 9.04. The van der Waals surface area contributed by atoms with E-state index in [-0.39, 0.29) is 5.91 Å². The van der Waals surface area contributed by atoms with Gasteiger partial charge in [0.05, 0.1) is 33.5 Å². The van der Waals surface area contributed by atoms with Gasteiger partial charge in [-0.25, -0.2) is 9.67 Å². The van der Waals surface area contributed by atoms with Gasteiger partial charge in [-0.05, 0) is 37.6 Å². The van der Waals surface area contributed by atoms with E-state index in [4.69, 9.17) is 16.3 Å². The lowest BCUT2D eigenvalue weighted by Crippen LogP contribution is -2.16. The van der Waals surface area contributed by atoms with Crippen LogP contribution in [0.4, 0.5) is 5.95 Å². The molecule has 0 unspecified atom stereocenters. The van der Waals surface area contributed by atoms with Crippen LogP contribution < -0.4 is 5.32 Å². The molecule has 2 aromatic carbocycles. The minimum atomic E-state index is -0.283. The van der Waals surface area contributed by atoms with Crippen molar-refractivity contribution < 1.29 is 9.53 Å². The summed E-state index contributed by atoms with van der Waals surface area (Å²) in [7, 11) is 0. The Hall–Kier alpha value is -3.16. The van der Waals surface area contributed by atoms with Gasteiger partial charge in [0.25, 0.3) is 5.91 Å². The van der Waals surface area contributed by atoms with Gasteiger partial charge in [0.1, 0.15) is 0 Å². The summed E-state index contributed by atoms with van der Waals surface area (Å²) in [4.78, 5) is 17.5. The molecule has 154 valence electrons. The number of anilines is 1. The summed E-state index contributed by atoms with van der Waals surface area (Å²) in [5.74, 6) is 0.220. The second-order valence-electron chi connectivity index (χ2n) is 6.71. The molecule has 0 radical (unpaired) electrons. The van der Waals surface area contributed by atoms with E-state index in [0.717, 1.165) is 17.5 Å². The molecule has 0 atom stereocenters. The molecule has 2 heterocycles. The Kier molecular flexibility index (Phi) is 6.11. The van der Waals surface area contributed by atoms with Crippen LogP contribution in [-0.4, -0.2) is 38.5 Å². The molecule has 30 heavy (non-hydrogen) atoms. The van der Waals surface area contributed by atoms with Gasteiger partial charge in [-0.3, -0.25) is 10.1 Å². The molecule has 0 saturated heterocycles. The zero-order chi connectivity index (χ0) is 20.9. The van der Waals surface area contributed by atoms with Crippen molar-refractivity contribution in [1.82, 2.24) is 19.3 Å². The van der Waals surface area contributed by atoms with Crippen LogP contribution in [0.3, 0.4) is 0 Å². The maximum absolute atomic E-state index is 12.9. The third kappa shape index (κ3) is 4.22. The molecule has 0 bridgehead atoms. The van der Waals surface area contributed by atoms with E-state index >= 15 is 0 Å². The van der Waals surface area contributed by atoms with Crippen LogP contribution in [-0.2, 0) is 11.3 Å². The Bertz CT molecular complexity index is 1170. The lowest BCUT2D eigenvalue weighted by atomic mass is 10.3. The van der Waals surface area contributed by atoms with Gasteiger partial charge in [-0.2, -0.15) is 5.10 Å². The molecular weight excluding hydrogens is 402 g/mol. The Morgan fingerprint density at radius 2 is 1.97 bits per heavy atom. The molecule has 0 aliphatic carbocycles. The molecule has 1 amide bonds. The first-order valence-corrected chi connectivity index (χ1v) is 10.2. The zero-order valence-electron chi connectivity index (χ0n) is 16.6. The smallest absolute Gasteiger partial charge is 0.261 e. The lowest BCUT2D eigenvalue weighted by molar-refractivity contribution is 0.102. The zero-order valence-corrected chi connectivity index (χ0v) is 17.3. The van der Waals surface area contributed by atoms with Gasteiger partial charge in [0, 0.05) is 26.0 Å². The Labute approximate surface area is 179 Å². The van der Waals surface area contributed by atoms with Gasteiger partial charge in [0.15, 0.2) is 0 Å². The number of aromatic nitrogens is 4. The molecule has 4 rings (SSSR count). The number of nitrogens with one attached hydrogen (secondary N) is 1. The third-order valence-electron chi connectivity index (χ3n) is 4.70. The van der Waals surface area contributed by atoms with Crippen LogP contribution in [0.1, 0.15) is 23.7 Å². The summed E-state index contributed by atoms with van der Waals surface area (Å²) in [6, 6.07) is 15.2. The second kappa shape index (κ2) is 9.11. The van der Waals surface area contributed by atoms with Crippen LogP contribution in [0.2, 0.25) is 5.02 Å². The Morgan fingerprint density at radius 1 is 1.17 bits per heavy atom. The SMILES string of the molecule is CCOCCCn1c(NC(=O)c2cnn(-c3ccccc3Cl)c2)nc2ccccc21. The van der Waals surface area contributed by atoms with Gasteiger partial charge in [-0.1, -0.05) is 35.9 Å². The number of hydrogen-bond acceptors (Lipinski definition) is 4. The van der Waals surface area contributed by atoms with Crippen LogP contribution in [0, 0.1) is 0 Å². The number of imidazole rings is 1. The number of carbonyl (C=O) groups is 1. The van der Waals surface area contributed by atoms with E-state index in [9.17, 15) is 4.79 Å². The molecule has 1 N–H and O–H groups in total. The Morgan fingerprint density at radius 3 is 2.80 bits per heavy atom. The molecule has 0 aliphatic heterocycles. The monoisotopic (exact) mass is 423 g/mol.